The zero-order chi connectivity index (χ0) is 19.9. The summed E-state index contributed by atoms with van der Waals surface area (Å²) in [4.78, 5) is 43.8. The Morgan fingerprint density at radius 3 is 2.29 bits per heavy atom. The smallest absolute Gasteiger partial charge is 0.248 e. The summed E-state index contributed by atoms with van der Waals surface area (Å²) in [5, 5.41) is 2.72. The maximum absolute atomic E-state index is 12.4. The number of aromatic nitrogens is 1. The molecule has 8 heteroatoms. The Kier molecular flexibility index (Phi) is 6.21. The second kappa shape index (κ2) is 8.98. The highest BCUT2D eigenvalue weighted by atomic mass is 16.2. The summed E-state index contributed by atoms with van der Waals surface area (Å²) in [6, 6.07) is 12.1. The number of hydrogen-bond donors (Lipinski definition) is 2. The van der Waals surface area contributed by atoms with Crippen molar-refractivity contribution in [3.63, 3.8) is 0 Å². The van der Waals surface area contributed by atoms with Crippen LogP contribution in [-0.2, 0) is 9.59 Å². The lowest BCUT2D eigenvalue weighted by Gasteiger charge is -2.35. The van der Waals surface area contributed by atoms with E-state index in [0.29, 0.717) is 24.3 Å². The summed E-state index contributed by atoms with van der Waals surface area (Å²) in [5.41, 5.74) is 6.12. The molecule has 0 radical (unpaired) electrons. The number of hydrogen-bond acceptors (Lipinski definition) is 5. The van der Waals surface area contributed by atoms with E-state index in [9.17, 15) is 14.4 Å². The van der Waals surface area contributed by atoms with Crippen LogP contribution < -0.4 is 16.0 Å². The molecule has 2 heterocycles. The lowest BCUT2D eigenvalue weighted by atomic mass is 10.2. The van der Waals surface area contributed by atoms with Crippen molar-refractivity contribution in [3.05, 3.63) is 54.2 Å². The van der Waals surface area contributed by atoms with E-state index in [4.69, 9.17) is 5.73 Å². The molecule has 146 valence electrons. The normalized spacial score (nSPS) is 13.9. The van der Waals surface area contributed by atoms with Gasteiger partial charge in [0.2, 0.25) is 17.7 Å². The van der Waals surface area contributed by atoms with Gasteiger partial charge in [-0.05, 0) is 36.4 Å². The van der Waals surface area contributed by atoms with Crippen LogP contribution in [0, 0.1) is 0 Å². The second-order valence-electron chi connectivity index (χ2n) is 6.55. The van der Waals surface area contributed by atoms with Crippen LogP contribution in [0.25, 0.3) is 0 Å². The van der Waals surface area contributed by atoms with Gasteiger partial charge in [0.25, 0.3) is 0 Å². The van der Waals surface area contributed by atoms with E-state index < -0.39 is 5.91 Å². The third kappa shape index (κ3) is 5.06. The largest absolute Gasteiger partial charge is 0.366 e. The number of piperazine rings is 1. The highest BCUT2D eigenvalue weighted by Gasteiger charge is 2.22. The van der Waals surface area contributed by atoms with Gasteiger partial charge in [-0.15, -0.1) is 0 Å². The molecule has 0 bridgehead atoms. The van der Waals surface area contributed by atoms with Crippen LogP contribution in [0.15, 0.2) is 48.7 Å². The molecule has 1 aromatic heterocycles. The van der Waals surface area contributed by atoms with Gasteiger partial charge in [-0.3, -0.25) is 14.4 Å². The summed E-state index contributed by atoms with van der Waals surface area (Å²) < 4.78 is 0. The van der Waals surface area contributed by atoms with E-state index in [-0.39, 0.29) is 24.7 Å². The first-order chi connectivity index (χ1) is 13.5. The third-order valence-electron chi connectivity index (χ3n) is 4.62. The Labute approximate surface area is 163 Å². The van der Waals surface area contributed by atoms with E-state index in [1.165, 1.54) is 0 Å². The maximum atomic E-state index is 12.4. The molecular weight excluding hydrogens is 358 g/mol. The number of benzene rings is 1. The van der Waals surface area contributed by atoms with Gasteiger partial charge in [-0.25, -0.2) is 4.98 Å². The Morgan fingerprint density at radius 1 is 0.964 bits per heavy atom. The summed E-state index contributed by atoms with van der Waals surface area (Å²) in [6.45, 7) is 2.68. The number of carbonyl (C=O) groups excluding carboxylic acids is 3. The molecule has 0 atom stereocenters. The van der Waals surface area contributed by atoms with Gasteiger partial charge in [-0.2, -0.15) is 0 Å². The topological polar surface area (TPSA) is 109 Å². The van der Waals surface area contributed by atoms with Crippen LogP contribution in [0.1, 0.15) is 23.2 Å². The predicted molar refractivity (Wildman–Crippen MR) is 106 cm³/mol. The van der Waals surface area contributed by atoms with Crippen LogP contribution in [0.3, 0.4) is 0 Å². The molecule has 1 fully saturated rings. The number of rotatable bonds is 6. The number of nitrogens with one attached hydrogen (secondary N) is 1. The second-order valence-corrected chi connectivity index (χ2v) is 6.55. The molecule has 0 aliphatic carbocycles. The molecule has 3 amide bonds. The van der Waals surface area contributed by atoms with E-state index in [0.717, 1.165) is 18.9 Å². The molecule has 1 aliphatic rings. The maximum Gasteiger partial charge on any atom is 0.248 e. The highest BCUT2D eigenvalue weighted by Crippen LogP contribution is 2.14. The van der Waals surface area contributed by atoms with Gasteiger partial charge in [0.15, 0.2) is 0 Å². The van der Waals surface area contributed by atoms with Crippen LogP contribution in [0.5, 0.6) is 0 Å². The quantitative estimate of drug-likeness (QED) is 0.783. The van der Waals surface area contributed by atoms with Crippen molar-refractivity contribution in [2.45, 2.75) is 12.8 Å². The Morgan fingerprint density at radius 2 is 1.68 bits per heavy atom. The predicted octanol–water partition coefficient (Wildman–Crippen LogP) is 1.25. The van der Waals surface area contributed by atoms with Crippen molar-refractivity contribution < 1.29 is 14.4 Å². The number of amides is 3. The molecule has 0 saturated carbocycles. The standard InChI is InChI=1S/C20H23N5O3/c21-20(28)15-4-6-16(7-5-15)23-18(26)8-9-19(27)25-13-11-24(12-14-25)17-3-1-2-10-22-17/h1-7,10H,8-9,11-14H2,(H2,21,28)(H,23,26). The first kappa shape index (κ1) is 19.3. The van der Waals surface area contributed by atoms with Crippen molar-refractivity contribution in [1.29, 1.82) is 0 Å². The SMILES string of the molecule is NC(=O)c1ccc(NC(=O)CCC(=O)N2CCN(c3ccccn3)CC2)cc1. The lowest BCUT2D eigenvalue weighted by Crippen LogP contribution is -2.49. The Hall–Kier alpha value is -3.42. The van der Waals surface area contributed by atoms with E-state index in [1.807, 2.05) is 18.2 Å². The zero-order valence-electron chi connectivity index (χ0n) is 15.5. The molecule has 3 rings (SSSR count). The van der Waals surface area contributed by atoms with Gasteiger partial charge in [0, 0.05) is 56.5 Å². The summed E-state index contributed by atoms with van der Waals surface area (Å²) in [7, 11) is 0. The minimum absolute atomic E-state index is 0.0279. The summed E-state index contributed by atoms with van der Waals surface area (Å²) in [6.07, 6.45) is 2.03. The number of pyridine rings is 1. The highest BCUT2D eigenvalue weighted by molar-refractivity contribution is 5.95. The van der Waals surface area contributed by atoms with Crippen molar-refractivity contribution in [2.75, 3.05) is 36.4 Å². The number of nitrogens with zero attached hydrogens (tertiary/aromatic N) is 3. The number of carbonyl (C=O) groups is 3. The molecule has 28 heavy (non-hydrogen) atoms. The molecule has 8 nitrogen and oxygen atoms in total. The summed E-state index contributed by atoms with van der Waals surface area (Å²) >= 11 is 0. The summed E-state index contributed by atoms with van der Waals surface area (Å²) in [5.74, 6) is 0.121. The Balaban J connectivity index is 1.41. The monoisotopic (exact) mass is 381 g/mol. The average molecular weight is 381 g/mol. The first-order valence-corrected chi connectivity index (χ1v) is 9.16. The first-order valence-electron chi connectivity index (χ1n) is 9.16. The molecule has 0 unspecified atom stereocenters. The number of anilines is 2. The van der Waals surface area contributed by atoms with Crippen molar-refractivity contribution >= 4 is 29.2 Å². The van der Waals surface area contributed by atoms with Gasteiger partial charge >= 0.3 is 0 Å². The van der Waals surface area contributed by atoms with E-state index >= 15 is 0 Å². The molecule has 1 aliphatic heterocycles. The van der Waals surface area contributed by atoms with Crippen LogP contribution in [-0.4, -0.2) is 53.8 Å². The fourth-order valence-corrected chi connectivity index (χ4v) is 3.05. The zero-order valence-corrected chi connectivity index (χ0v) is 15.5. The molecule has 1 aromatic carbocycles. The number of primary amides is 1. The minimum Gasteiger partial charge on any atom is -0.366 e. The van der Waals surface area contributed by atoms with Crippen molar-refractivity contribution in [1.82, 2.24) is 9.88 Å². The third-order valence-corrected chi connectivity index (χ3v) is 4.62. The van der Waals surface area contributed by atoms with Gasteiger partial charge in [-0.1, -0.05) is 6.07 Å². The van der Waals surface area contributed by atoms with E-state index in [1.54, 1.807) is 35.4 Å². The van der Waals surface area contributed by atoms with Gasteiger partial charge in [0.1, 0.15) is 5.82 Å². The average Bonchev–Trinajstić information content (AvgIpc) is 2.73. The van der Waals surface area contributed by atoms with Gasteiger partial charge < -0.3 is 20.9 Å². The fourth-order valence-electron chi connectivity index (χ4n) is 3.05. The van der Waals surface area contributed by atoms with E-state index in [2.05, 4.69) is 15.2 Å². The van der Waals surface area contributed by atoms with Crippen molar-refractivity contribution in [2.24, 2.45) is 5.73 Å². The molecule has 3 N–H and O–H groups in total. The molecule has 2 aromatic rings. The molecule has 1 saturated heterocycles. The molecular formula is C20H23N5O3. The van der Waals surface area contributed by atoms with Crippen LogP contribution >= 0.6 is 0 Å². The molecule has 0 spiro atoms. The number of nitrogens with two attached hydrogens (primary N) is 1. The fraction of sp³-hybridized carbons (Fsp3) is 0.300. The Bertz CT molecular complexity index is 831. The van der Waals surface area contributed by atoms with Crippen LogP contribution in [0.2, 0.25) is 0 Å². The lowest BCUT2D eigenvalue weighted by molar-refractivity contribution is -0.133. The van der Waals surface area contributed by atoms with Crippen molar-refractivity contribution in [3.8, 4) is 0 Å². The minimum atomic E-state index is -0.522. The van der Waals surface area contributed by atoms with Gasteiger partial charge in [0.05, 0.1) is 0 Å². The van der Waals surface area contributed by atoms with Crippen LogP contribution in [0.4, 0.5) is 11.5 Å².